The molecule has 2 aliphatic heterocycles. The average Bonchev–Trinajstić information content (AvgIpc) is 3.10. The molecule has 32 heavy (non-hydrogen) atoms. The van der Waals surface area contributed by atoms with Crippen LogP contribution in [0.3, 0.4) is 0 Å². The van der Waals surface area contributed by atoms with Gasteiger partial charge in [0.05, 0.1) is 12.4 Å². The molecule has 0 aliphatic carbocycles. The first-order valence-corrected chi connectivity index (χ1v) is 11.5. The van der Waals surface area contributed by atoms with E-state index in [2.05, 4.69) is 93.4 Å². The number of hydrogen-bond acceptors (Lipinski definition) is 5. The summed E-state index contributed by atoms with van der Waals surface area (Å²) in [5, 5.41) is 3.70. The molecular weight excluding hydrogens is 394 g/mol. The molecule has 5 nitrogen and oxygen atoms in total. The number of nitrogens with zero attached hydrogens (tertiary/aromatic N) is 3. The topological polar surface area (TPSA) is 47.8 Å². The van der Waals surface area contributed by atoms with Crippen molar-refractivity contribution in [2.45, 2.75) is 48.0 Å². The van der Waals surface area contributed by atoms with Crippen LogP contribution in [0.5, 0.6) is 0 Å². The standard InChI is InChI=1S/C27H41N5/c1-18(2)22-15-32(16-27(6,7)8)26-21(5)25(20(4)24(28)23(26)19(22)3)29-11-10-12-31-14-13-30(9)17-31/h13-15,29H,1,3,10-12,16-17,28H2,2,4-9H3. The number of fused-ring (bicyclic) bond motifs is 1. The highest BCUT2D eigenvalue weighted by molar-refractivity contribution is 6.00. The summed E-state index contributed by atoms with van der Waals surface area (Å²) in [7, 11) is 2.10. The van der Waals surface area contributed by atoms with E-state index in [1.54, 1.807) is 0 Å². The van der Waals surface area contributed by atoms with Crippen LogP contribution in [0.1, 0.15) is 50.8 Å². The lowest BCUT2D eigenvalue weighted by Crippen LogP contribution is -2.32. The van der Waals surface area contributed by atoms with Crippen LogP contribution in [0, 0.1) is 19.3 Å². The van der Waals surface area contributed by atoms with Crippen molar-refractivity contribution in [2.75, 3.05) is 49.3 Å². The summed E-state index contributed by atoms with van der Waals surface area (Å²) in [6.07, 6.45) is 7.55. The molecule has 0 saturated carbocycles. The second-order valence-electron chi connectivity index (χ2n) is 10.5. The number of nitrogens with one attached hydrogen (secondary N) is 1. The zero-order valence-electron chi connectivity index (χ0n) is 21.1. The molecule has 0 spiro atoms. The number of nitrogens with two attached hydrogens (primary N) is 1. The van der Waals surface area contributed by atoms with Gasteiger partial charge in [-0.05, 0) is 54.9 Å². The van der Waals surface area contributed by atoms with Crippen molar-refractivity contribution >= 4 is 22.6 Å². The van der Waals surface area contributed by atoms with Crippen LogP contribution in [0.2, 0.25) is 0 Å². The molecule has 1 aromatic carbocycles. The van der Waals surface area contributed by atoms with Crippen LogP contribution < -0.4 is 16.0 Å². The van der Waals surface area contributed by atoms with Gasteiger partial charge >= 0.3 is 0 Å². The maximum Gasteiger partial charge on any atom is 0.0890 e. The van der Waals surface area contributed by atoms with E-state index in [0.29, 0.717) is 0 Å². The van der Waals surface area contributed by atoms with Gasteiger partial charge in [0.25, 0.3) is 0 Å². The Balaban J connectivity index is 1.92. The van der Waals surface area contributed by atoms with Crippen LogP contribution in [0.15, 0.2) is 42.9 Å². The van der Waals surface area contributed by atoms with Crippen LogP contribution in [0.4, 0.5) is 17.1 Å². The average molecular weight is 436 g/mol. The van der Waals surface area contributed by atoms with Crippen molar-refractivity contribution < 1.29 is 0 Å². The van der Waals surface area contributed by atoms with Crippen LogP contribution in [-0.2, 0) is 0 Å². The van der Waals surface area contributed by atoms with Crippen molar-refractivity contribution in [1.29, 1.82) is 0 Å². The Morgan fingerprint density at radius 2 is 1.88 bits per heavy atom. The number of hydrogen-bond donors (Lipinski definition) is 2. The fourth-order valence-corrected chi connectivity index (χ4v) is 4.63. The zero-order chi connectivity index (χ0) is 23.8. The summed E-state index contributed by atoms with van der Waals surface area (Å²) in [6.45, 7) is 25.5. The lowest BCUT2D eigenvalue weighted by molar-refractivity contribution is 0.296. The second-order valence-corrected chi connectivity index (χ2v) is 10.5. The molecular formula is C27H41N5. The number of anilines is 3. The molecule has 0 saturated heterocycles. The first kappa shape index (κ1) is 23.8. The molecule has 2 aliphatic rings. The minimum Gasteiger partial charge on any atom is -0.398 e. The normalized spacial score (nSPS) is 15.9. The summed E-state index contributed by atoms with van der Waals surface area (Å²) < 4.78 is 0. The Bertz CT molecular complexity index is 977. The largest absolute Gasteiger partial charge is 0.398 e. The minimum atomic E-state index is 0.128. The first-order chi connectivity index (χ1) is 14.9. The molecule has 2 heterocycles. The monoisotopic (exact) mass is 435 g/mol. The van der Waals surface area contributed by atoms with Gasteiger partial charge in [0.1, 0.15) is 0 Å². The highest BCUT2D eigenvalue weighted by atomic mass is 15.3. The van der Waals surface area contributed by atoms with Gasteiger partial charge in [0, 0.05) is 67.8 Å². The summed E-state index contributed by atoms with van der Waals surface area (Å²) in [4.78, 5) is 6.88. The highest BCUT2D eigenvalue weighted by Gasteiger charge is 2.30. The van der Waals surface area contributed by atoms with Gasteiger partial charge in [0.2, 0.25) is 0 Å². The van der Waals surface area contributed by atoms with Gasteiger partial charge < -0.3 is 25.8 Å². The van der Waals surface area contributed by atoms with E-state index < -0.39 is 0 Å². The SMILES string of the molecule is C=C(C)C1=CN(CC(C)(C)C)c2c(C)c(NCCCN3C=CN(C)C3)c(C)c(N)c2C1=C. The second kappa shape index (κ2) is 8.97. The molecule has 0 amide bonds. The lowest BCUT2D eigenvalue weighted by atomic mass is 9.84. The summed E-state index contributed by atoms with van der Waals surface area (Å²) in [6, 6.07) is 0. The van der Waals surface area contributed by atoms with Gasteiger partial charge in [0.15, 0.2) is 0 Å². The van der Waals surface area contributed by atoms with E-state index in [9.17, 15) is 0 Å². The van der Waals surface area contributed by atoms with Gasteiger partial charge in [-0.3, -0.25) is 0 Å². The molecule has 0 aromatic heterocycles. The molecule has 5 heteroatoms. The molecule has 0 bridgehead atoms. The first-order valence-electron chi connectivity index (χ1n) is 11.5. The molecule has 0 fully saturated rings. The number of rotatable bonds is 7. The summed E-state index contributed by atoms with van der Waals surface area (Å²) in [5.41, 5.74) is 16.5. The molecule has 1 aromatic rings. The van der Waals surface area contributed by atoms with Crippen LogP contribution in [-0.4, -0.2) is 43.2 Å². The Hall–Kier alpha value is -2.82. The molecule has 0 unspecified atom stereocenters. The van der Waals surface area contributed by atoms with Gasteiger partial charge in [-0.15, -0.1) is 0 Å². The number of nitrogen functional groups attached to an aromatic ring is 1. The smallest absolute Gasteiger partial charge is 0.0890 e. The van der Waals surface area contributed by atoms with E-state index in [0.717, 1.165) is 71.9 Å². The van der Waals surface area contributed by atoms with Gasteiger partial charge in [-0.2, -0.15) is 0 Å². The Labute approximate surface area is 194 Å². The van der Waals surface area contributed by atoms with Crippen molar-refractivity contribution in [3.05, 3.63) is 59.6 Å². The summed E-state index contributed by atoms with van der Waals surface area (Å²) in [5.74, 6) is 0. The Morgan fingerprint density at radius 3 is 2.44 bits per heavy atom. The molecule has 0 atom stereocenters. The fourth-order valence-electron chi connectivity index (χ4n) is 4.63. The van der Waals surface area contributed by atoms with Crippen molar-refractivity contribution in [3.8, 4) is 0 Å². The molecule has 174 valence electrons. The maximum atomic E-state index is 6.76. The highest BCUT2D eigenvalue weighted by Crippen LogP contribution is 2.48. The quantitative estimate of drug-likeness (QED) is 0.425. The van der Waals surface area contributed by atoms with E-state index in [-0.39, 0.29) is 5.41 Å². The maximum absolute atomic E-state index is 6.76. The minimum absolute atomic E-state index is 0.128. The molecule has 3 rings (SSSR count). The Morgan fingerprint density at radius 1 is 1.19 bits per heavy atom. The van der Waals surface area contributed by atoms with Crippen molar-refractivity contribution in [2.24, 2.45) is 5.41 Å². The predicted octanol–water partition coefficient (Wildman–Crippen LogP) is 5.70. The fraction of sp³-hybridized carbons (Fsp3) is 0.481. The molecule has 0 radical (unpaired) electrons. The third-order valence-corrected chi connectivity index (χ3v) is 6.18. The lowest BCUT2D eigenvalue weighted by Gasteiger charge is -2.38. The van der Waals surface area contributed by atoms with Crippen LogP contribution in [0.25, 0.3) is 5.57 Å². The van der Waals surface area contributed by atoms with E-state index in [1.807, 2.05) is 6.92 Å². The van der Waals surface area contributed by atoms with E-state index in [1.165, 1.54) is 11.3 Å². The van der Waals surface area contributed by atoms with Crippen molar-refractivity contribution in [1.82, 2.24) is 9.80 Å². The van der Waals surface area contributed by atoms with Gasteiger partial charge in [-0.25, -0.2) is 0 Å². The number of benzene rings is 1. The van der Waals surface area contributed by atoms with Crippen LogP contribution >= 0.6 is 0 Å². The zero-order valence-corrected chi connectivity index (χ0v) is 21.1. The van der Waals surface area contributed by atoms with Crippen molar-refractivity contribution in [3.63, 3.8) is 0 Å². The Kier molecular flexibility index (Phi) is 6.68. The predicted molar refractivity (Wildman–Crippen MR) is 141 cm³/mol. The number of allylic oxidation sites excluding steroid dienone is 3. The van der Waals surface area contributed by atoms with E-state index >= 15 is 0 Å². The summed E-state index contributed by atoms with van der Waals surface area (Å²) >= 11 is 0. The van der Waals surface area contributed by atoms with Gasteiger partial charge in [-0.1, -0.05) is 33.9 Å². The van der Waals surface area contributed by atoms with E-state index in [4.69, 9.17) is 5.73 Å². The third kappa shape index (κ3) is 4.82. The third-order valence-electron chi connectivity index (χ3n) is 6.18. The molecule has 3 N–H and O–H groups in total.